The van der Waals surface area contributed by atoms with Crippen molar-refractivity contribution < 1.29 is 9.50 Å². The molecule has 0 fully saturated rings. The Hall–Kier alpha value is -3.21. The third kappa shape index (κ3) is 2.60. The number of hydrogen-bond donors (Lipinski definition) is 2. The Morgan fingerprint density at radius 3 is 2.58 bits per heavy atom. The van der Waals surface area contributed by atoms with Gasteiger partial charge in [0.1, 0.15) is 17.2 Å². The normalized spacial score (nSPS) is 11.0. The molecule has 0 aliphatic heterocycles. The molecule has 0 radical (unpaired) electrons. The number of aromatic hydroxyl groups is 1. The second-order valence-corrected chi connectivity index (χ2v) is 5.62. The van der Waals surface area contributed by atoms with Crippen LogP contribution in [0.1, 0.15) is 11.1 Å². The molecular weight excluding hydrogens is 305 g/mol. The van der Waals surface area contributed by atoms with E-state index in [0.29, 0.717) is 23.3 Å². The van der Waals surface area contributed by atoms with Gasteiger partial charge in [0, 0.05) is 24.0 Å². The maximum atomic E-state index is 13.0. The van der Waals surface area contributed by atoms with Gasteiger partial charge in [-0.1, -0.05) is 18.2 Å². The van der Waals surface area contributed by atoms with Crippen molar-refractivity contribution in [3.8, 4) is 17.1 Å². The van der Waals surface area contributed by atoms with Crippen LogP contribution < -0.4 is 0 Å². The van der Waals surface area contributed by atoms with Crippen LogP contribution in [0.3, 0.4) is 0 Å². The van der Waals surface area contributed by atoms with Gasteiger partial charge in [-0.15, -0.1) is 0 Å². The lowest BCUT2D eigenvalue weighted by Crippen LogP contribution is -1.92. The third-order valence-electron chi connectivity index (χ3n) is 3.96. The monoisotopic (exact) mass is 319 g/mol. The Bertz CT molecular complexity index is 995. The van der Waals surface area contributed by atoms with Gasteiger partial charge in [-0.05, 0) is 41.8 Å². The Morgan fingerprint density at radius 2 is 1.83 bits per heavy atom. The molecule has 4 rings (SSSR count). The zero-order valence-electron chi connectivity index (χ0n) is 12.7. The molecule has 0 amide bonds. The van der Waals surface area contributed by atoms with Crippen LogP contribution in [-0.2, 0) is 6.42 Å². The average molecular weight is 319 g/mol. The van der Waals surface area contributed by atoms with Crippen LogP contribution >= 0.6 is 0 Å². The van der Waals surface area contributed by atoms with Gasteiger partial charge in [0.2, 0.25) is 0 Å². The second-order valence-electron chi connectivity index (χ2n) is 5.62. The van der Waals surface area contributed by atoms with E-state index in [1.54, 1.807) is 30.7 Å². The van der Waals surface area contributed by atoms with Gasteiger partial charge in [-0.3, -0.25) is 4.98 Å². The fraction of sp³-hybridized carbons (Fsp3) is 0.0526. The van der Waals surface area contributed by atoms with E-state index in [-0.39, 0.29) is 11.6 Å². The first-order valence-corrected chi connectivity index (χ1v) is 7.55. The molecule has 4 aromatic rings. The molecule has 2 aromatic carbocycles. The number of rotatable bonds is 3. The maximum absolute atomic E-state index is 13.0. The number of nitrogens with zero attached hydrogens (tertiary/aromatic N) is 2. The van der Waals surface area contributed by atoms with Gasteiger partial charge in [-0.2, -0.15) is 0 Å². The van der Waals surface area contributed by atoms with Crippen molar-refractivity contribution in [3.05, 3.63) is 78.0 Å². The van der Waals surface area contributed by atoms with E-state index in [1.165, 1.54) is 12.1 Å². The lowest BCUT2D eigenvalue weighted by molar-refractivity contribution is 0.482. The highest BCUT2D eigenvalue weighted by atomic mass is 19.1. The van der Waals surface area contributed by atoms with Crippen LogP contribution in [0.5, 0.6) is 5.75 Å². The number of H-pyrrole nitrogens is 1. The number of nitrogens with one attached hydrogen (secondary N) is 1. The van der Waals surface area contributed by atoms with Crippen molar-refractivity contribution >= 4 is 10.9 Å². The van der Waals surface area contributed by atoms with Gasteiger partial charge in [-0.25, -0.2) is 9.37 Å². The highest BCUT2D eigenvalue weighted by Crippen LogP contribution is 2.33. The average Bonchev–Trinajstić information content (AvgIpc) is 3.11. The summed E-state index contributed by atoms with van der Waals surface area (Å²) < 4.78 is 13.0. The summed E-state index contributed by atoms with van der Waals surface area (Å²) in [6, 6.07) is 12.1. The number of pyridine rings is 1. The minimum atomic E-state index is -0.245. The van der Waals surface area contributed by atoms with E-state index >= 15 is 0 Å². The predicted octanol–water partition coefficient (Wildman–Crippen LogP) is 4.06. The molecule has 4 nitrogen and oxygen atoms in total. The molecule has 0 atom stereocenters. The summed E-state index contributed by atoms with van der Waals surface area (Å²) in [6.45, 7) is 0. The number of benzene rings is 2. The lowest BCUT2D eigenvalue weighted by atomic mass is 10.0. The van der Waals surface area contributed by atoms with Crippen LogP contribution in [0.25, 0.3) is 22.3 Å². The highest BCUT2D eigenvalue weighted by molar-refractivity contribution is 5.91. The van der Waals surface area contributed by atoms with E-state index in [9.17, 15) is 9.50 Å². The van der Waals surface area contributed by atoms with E-state index in [0.717, 1.165) is 16.5 Å². The van der Waals surface area contributed by atoms with Crippen molar-refractivity contribution in [3.63, 3.8) is 0 Å². The minimum Gasteiger partial charge on any atom is -0.505 e. The standard InChI is InChI=1S/C19H14FN3O/c20-15-4-1-12(2-5-15)9-13-10-14-3-6-16(19-21-7-8-22-19)18(24)17(14)23-11-13/h1-8,10-11,24H,9H2,(H,21,22). The first-order valence-electron chi connectivity index (χ1n) is 7.55. The molecule has 2 N–H and O–H groups in total. The largest absolute Gasteiger partial charge is 0.505 e. The van der Waals surface area contributed by atoms with Crippen molar-refractivity contribution in [2.45, 2.75) is 6.42 Å². The van der Waals surface area contributed by atoms with Crippen LogP contribution in [0.4, 0.5) is 4.39 Å². The van der Waals surface area contributed by atoms with Gasteiger partial charge in [0.15, 0.2) is 5.75 Å². The molecule has 0 unspecified atom stereocenters. The molecule has 2 heterocycles. The fourth-order valence-electron chi connectivity index (χ4n) is 2.77. The molecule has 5 heteroatoms. The fourth-order valence-corrected chi connectivity index (χ4v) is 2.77. The summed E-state index contributed by atoms with van der Waals surface area (Å²) in [5.41, 5.74) is 3.16. The smallest absolute Gasteiger partial charge is 0.152 e. The van der Waals surface area contributed by atoms with E-state index in [1.807, 2.05) is 18.2 Å². The Morgan fingerprint density at radius 1 is 1.00 bits per heavy atom. The number of aromatic nitrogens is 3. The number of phenolic OH excluding ortho intramolecular Hbond substituents is 1. The zero-order valence-corrected chi connectivity index (χ0v) is 12.7. The van der Waals surface area contributed by atoms with Gasteiger partial charge in [0.25, 0.3) is 0 Å². The zero-order chi connectivity index (χ0) is 16.5. The molecular formula is C19H14FN3O. The molecule has 2 aromatic heterocycles. The molecule has 0 spiro atoms. The van der Waals surface area contributed by atoms with Crippen LogP contribution in [0, 0.1) is 5.82 Å². The Kier molecular flexibility index (Phi) is 3.46. The lowest BCUT2D eigenvalue weighted by Gasteiger charge is -2.08. The molecule has 0 aliphatic rings. The maximum Gasteiger partial charge on any atom is 0.152 e. The van der Waals surface area contributed by atoms with E-state index in [2.05, 4.69) is 15.0 Å². The number of hydrogen-bond acceptors (Lipinski definition) is 3. The van der Waals surface area contributed by atoms with Gasteiger partial charge < -0.3 is 10.1 Å². The summed E-state index contributed by atoms with van der Waals surface area (Å²) >= 11 is 0. The van der Waals surface area contributed by atoms with Gasteiger partial charge >= 0.3 is 0 Å². The number of imidazole rings is 1. The Labute approximate surface area is 137 Å². The molecule has 118 valence electrons. The van der Waals surface area contributed by atoms with Crippen molar-refractivity contribution in [2.75, 3.05) is 0 Å². The highest BCUT2D eigenvalue weighted by Gasteiger charge is 2.12. The topological polar surface area (TPSA) is 61.8 Å². The van der Waals surface area contributed by atoms with Crippen molar-refractivity contribution in [1.82, 2.24) is 15.0 Å². The SMILES string of the molecule is Oc1c(-c2ncc[nH]2)ccc2cc(Cc3ccc(F)cc3)cnc12. The molecule has 0 bridgehead atoms. The predicted molar refractivity (Wildman–Crippen MR) is 90.2 cm³/mol. The molecule has 0 saturated carbocycles. The van der Waals surface area contributed by atoms with E-state index in [4.69, 9.17) is 0 Å². The van der Waals surface area contributed by atoms with E-state index < -0.39 is 0 Å². The van der Waals surface area contributed by atoms with Crippen LogP contribution in [0.15, 0.2) is 61.1 Å². The van der Waals surface area contributed by atoms with Gasteiger partial charge in [0.05, 0.1) is 5.56 Å². The molecule has 24 heavy (non-hydrogen) atoms. The van der Waals surface area contributed by atoms with Crippen LogP contribution in [0.2, 0.25) is 0 Å². The third-order valence-corrected chi connectivity index (χ3v) is 3.96. The minimum absolute atomic E-state index is 0.107. The summed E-state index contributed by atoms with van der Waals surface area (Å²) in [5.74, 6) is 0.466. The van der Waals surface area contributed by atoms with Crippen LogP contribution in [-0.4, -0.2) is 20.1 Å². The summed E-state index contributed by atoms with van der Waals surface area (Å²) in [6.07, 6.45) is 5.73. The van der Waals surface area contributed by atoms with Crippen molar-refractivity contribution in [2.24, 2.45) is 0 Å². The summed E-state index contributed by atoms with van der Waals surface area (Å²) in [4.78, 5) is 11.5. The first kappa shape index (κ1) is 14.4. The second kappa shape index (κ2) is 5.77. The quantitative estimate of drug-likeness (QED) is 0.598. The molecule has 0 saturated heterocycles. The number of aromatic amines is 1. The Balaban J connectivity index is 1.71. The number of fused-ring (bicyclic) bond motifs is 1. The molecule has 0 aliphatic carbocycles. The number of halogens is 1. The van der Waals surface area contributed by atoms with Crippen molar-refractivity contribution in [1.29, 1.82) is 0 Å². The summed E-state index contributed by atoms with van der Waals surface area (Å²) in [5, 5.41) is 11.3. The first-order chi connectivity index (χ1) is 11.7. The number of phenols is 1. The summed E-state index contributed by atoms with van der Waals surface area (Å²) in [7, 11) is 0.